The van der Waals surface area contributed by atoms with Crippen LogP contribution in [0, 0.1) is 0 Å². The molecule has 0 fully saturated rings. The van der Waals surface area contributed by atoms with E-state index in [0.29, 0.717) is 12.5 Å². The molecule has 0 saturated heterocycles. The third-order valence-electron chi connectivity index (χ3n) is 3.93. The predicted molar refractivity (Wildman–Crippen MR) is 98.4 cm³/mol. The molecule has 0 amide bonds. The Morgan fingerprint density at radius 2 is 2.00 bits per heavy atom. The molecule has 0 bridgehead atoms. The van der Waals surface area contributed by atoms with Crippen molar-refractivity contribution in [1.82, 2.24) is 15.8 Å². The van der Waals surface area contributed by atoms with Crippen molar-refractivity contribution in [2.45, 2.75) is 65.8 Å². The van der Waals surface area contributed by atoms with Crippen molar-refractivity contribution in [2.75, 3.05) is 26.3 Å². The van der Waals surface area contributed by atoms with Crippen LogP contribution in [0.3, 0.4) is 0 Å². The lowest BCUT2D eigenvalue weighted by molar-refractivity contribution is 0.143. The van der Waals surface area contributed by atoms with Crippen LogP contribution in [0.1, 0.15) is 70.8 Å². The van der Waals surface area contributed by atoms with Gasteiger partial charge in [0.2, 0.25) is 0 Å². The van der Waals surface area contributed by atoms with Crippen molar-refractivity contribution in [3.63, 3.8) is 0 Å². The van der Waals surface area contributed by atoms with E-state index in [2.05, 4.69) is 41.6 Å². The van der Waals surface area contributed by atoms with Gasteiger partial charge in [-0.05, 0) is 39.5 Å². The van der Waals surface area contributed by atoms with Gasteiger partial charge in [0.15, 0.2) is 11.7 Å². The summed E-state index contributed by atoms with van der Waals surface area (Å²) in [5.74, 6) is 2.10. The van der Waals surface area contributed by atoms with E-state index in [0.717, 1.165) is 69.4 Å². The molecule has 1 aromatic rings. The summed E-state index contributed by atoms with van der Waals surface area (Å²) >= 11 is 0. The monoisotopic (exact) mass is 338 g/mol. The first kappa shape index (κ1) is 20.5. The van der Waals surface area contributed by atoms with Gasteiger partial charge in [0.1, 0.15) is 6.54 Å². The van der Waals surface area contributed by atoms with Crippen LogP contribution in [0.25, 0.3) is 0 Å². The van der Waals surface area contributed by atoms with Crippen LogP contribution in [-0.2, 0) is 11.3 Å². The Bertz CT molecular complexity index is 456. The van der Waals surface area contributed by atoms with Crippen molar-refractivity contribution < 1.29 is 9.26 Å². The van der Waals surface area contributed by atoms with Gasteiger partial charge in [0.05, 0.1) is 5.69 Å². The van der Waals surface area contributed by atoms with E-state index in [4.69, 9.17) is 9.26 Å². The number of nitrogens with zero attached hydrogens (tertiary/aromatic N) is 2. The smallest absolute Gasteiger partial charge is 0.191 e. The summed E-state index contributed by atoms with van der Waals surface area (Å²) in [7, 11) is 0. The molecule has 6 nitrogen and oxygen atoms in total. The molecule has 0 aliphatic carbocycles. The molecule has 1 heterocycles. The largest absolute Gasteiger partial charge is 0.382 e. The summed E-state index contributed by atoms with van der Waals surface area (Å²) in [5, 5.41) is 10.8. The molecule has 0 spiro atoms. The van der Waals surface area contributed by atoms with Gasteiger partial charge >= 0.3 is 0 Å². The zero-order valence-electron chi connectivity index (χ0n) is 15.7. The van der Waals surface area contributed by atoms with Crippen LogP contribution >= 0.6 is 0 Å². The van der Waals surface area contributed by atoms with Crippen molar-refractivity contribution in [2.24, 2.45) is 4.99 Å². The molecule has 0 aliphatic rings. The Hall–Kier alpha value is -1.56. The first-order valence-electron chi connectivity index (χ1n) is 9.30. The molecule has 0 unspecified atom stereocenters. The summed E-state index contributed by atoms with van der Waals surface area (Å²) < 4.78 is 10.8. The maximum atomic E-state index is 5.42. The molecular formula is C18H34N4O2. The molecule has 0 atom stereocenters. The molecule has 6 heteroatoms. The predicted octanol–water partition coefficient (Wildman–Crippen LogP) is 3.45. The summed E-state index contributed by atoms with van der Waals surface area (Å²) in [6.45, 7) is 12.3. The lowest BCUT2D eigenvalue weighted by Gasteiger charge is -2.10. The molecule has 0 saturated carbocycles. The van der Waals surface area contributed by atoms with Gasteiger partial charge in [-0.2, -0.15) is 0 Å². The minimum absolute atomic E-state index is 0.475. The van der Waals surface area contributed by atoms with Crippen LogP contribution in [0.15, 0.2) is 15.6 Å². The number of guanidine groups is 1. The fourth-order valence-electron chi connectivity index (χ4n) is 2.48. The van der Waals surface area contributed by atoms with Crippen LogP contribution < -0.4 is 10.6 Å². The number of rotatable bonds is 12. The molecule has 0 radical (unpaired) electrons. The van der Waals surface area contributed by atoms with Crippen LogP contribution in [0.2, 0.25) is 0 Å². The molecule has 1 rings (SSSR count). The van der Waals surface area contributed by atoms with E-state index in [1.807, 2.05) is 13.0 Å². The number of ether oxygens (including phenoxy) is 1. The Balaban J connectivity index is 2.44. The number of aliphatic imine (C=N–C) groups is 1. The minimum Gasteiger partial charge on any atom is -0.382 e. The summed E-state index contributed by atoms with van der Waals surface area (Å²) in [6.07, 6.45) is 4.28. The minimum atomic E-state index is 0.475. The molecule has 0 aliphatic heterocycles. The number of unbranched alkanes of at least 4 members (excludes halogenated alkanes) is 1. The fourth-order valence-corrected chi connectivity index (χ4v) is 2.48. The molecule has 2 N–H and O–H groups in total. The lowest BCUT2D eigenvalue weighted by Crippen LogP contribution is -2.37. The lowest BCUT2D eigenvalue weighted by atomic mass is 9.99. The molecular weight excluding hydrogens is 304 g/mol. The number of nitrogens with one attached hydrogen (secondary N) is 2. The molecule has 138 valence electrons. The summed E-state index contributed by atoms with van der Waals surface area (Å²) in [6, 6.07) is 2.03. The Morgan fingerprint density at radius 3 is 2.67 bits per heavy atom. The van der Waals surface area contributed by atoms with Crippen LogP contribution in [0.4, 0.5) is 0 Å². The number of hydrogen-bond donors (Lipinski definition) is 2. The van der Waals surface area contributed by atoms with E-state index in [1.165, 1.54) is 0 Å². The first-order chi connectivity index (χ1) is 11.7. The Kier molecular flexibility index (Phi) is 10.9. The van der Waals surface area contributed by atoms with Crippen molar-refractivity contribution >= 4 is 5.96 Å². The zero-order valence-corrected chi connectivity index (χ0v) is 15.7. The maximum absolute atomic E-state index is 5.42. The quantitative estimate of drug-likeness (QED) is 0.347. The van der Waals surface area contributed by atoms with E-state index in [1.54, 1.807) is 0 Å². The zero-order chi connectivity index (χ0) is 17.6. The van der Waals surface area contributed by atoms with Crippen LogP contribution in [-0.4, -0.2) is 37.4 Å². The fraction of sp³-hybridized carbons (Fsp3) is 0.778. The highest BCUT2D eigenvalue weighted by atomic mass is 16.5. The number of aromatic nitrogens is 1. The average Bonchev–Trinajstić information content (AvgIpc) is 3.05. The van der Waals surface area contributed by atoms with Crippen molar-refractivity contribution in [3.05, 3.63) is 17.5 Å². The normalized spacial score (nSPS) is 12.0. The second kappa shape index (κ2) is 12.8. The van der Waals surface area contributed by atoms with E-state index in [9.17, 15) is 0 Å². The molecule has 1 aromatic heterocycles. The van der Waals surface area contributed by atoms with Gasteiger partial charge in [-0.1, -0.05) is 19.0 Å². The topological polar surface area (TPSA) is 71.7 Å². The summed E-state index contributed by atoms with van der Waals surface area (Å²) in [4.78, 5) is 4.57. The second-order valence-electron chi connectivity index (χ2n) is 5.76. The molecule has 24 heavy (non-hydrogen) atoms. The Labute approximate surface area is 146 Å². The first-order valence-corrected chi connectivity index (χ1v) is 9.30. The second-order valence-corrected chi connectivity index (χ2v) is 5.76. The van der Waals surface area contributed by atoms with Gasteiger partial charge in [-0.25, -0.2) is 4.99 Å². The van der Waals surface area contributed by atoms with E-state index < -0.39 is 0 Å². The van der Waals surface area contributed by atoms with Gasteiger partial charge in [0, 0.05) is 38.3 Å². The average molecular weight is 338 g/mol. The van der Waals surface area contributed by atoms with Crippen molar-refractivity contribution in [3.8, 4) is 0 Å². The van der Waals surface area contributed by atoms with E-state index >= 15 is 0 Å². The summed E-state index contributed by atoms with van der Waals surface area (Å²) in [5.41, 5.74) is 1.04. The highest BCUT2D eigenvalue weighted by molar-refractivity contribution is 5.79. The highest BCUT2D eigenvalue weighted by Gasteiger charge is 2.12. The SMILES string of the molecule is CCNC(=NCc1cc(C(CC)CC)no1)NCCCCOCC. The van der Waals surface area contributed by atoms with Crippen LogP contribution in [0.5, 0.6) is 0 Å². The van der Waals surface area contributed by atoms with Gasteiger partial charge < -0.3 is 19.9 Å². The third-order valence-corrected chi connectivity index (χ3v) is 3.93. The molecule has 0 aromatic carbocycles. The van der Waals surface area contributed by atoms with Gasteiger partial charge in [-0.3, -0.25) is 0 Å². The van der Waals surface area contributed by atoms with Gasteiger partial charge in [-0.15, -0.1) is 0 Å². The number of hydrogen-bond acceptors (Lipinski definition) is 4. The third kappa shape index (κ3) is 7.81. The maximum Gasteiger partial charge on any atom is 0.191 e. The Morgan fingerprint density at radius 1 is 1.21 bits per heavy atom. The van der Waals surface area contributed by atoms with Crippen molar-refractivity contribution in [1.29, 1.82) is 0 Å². The highest BCUT2D eigenvalue weighted by Crippen LogP contribution is 2.22. The van der Waals surface area contributed by atoms with E-state index in [-0.39, 0.29) is 0 Å². The standard InChI is InChI=1S/C18H34N4O2/c1-5-15(6-2)17-13-16(24-22-17)14-21-18(19-7-3)20-11-9-10-12-23-8-4/h13,15H,5-12,14H2,1-4H3,(H2,19,20,21). The van der Waals surface area contributed by atoms with Gasteiger partial charge in [0.25, 0.3) is 0 Å².